The van der Waals surface area contributed by atoms with Crippen molar-refractivity contribution in [3.8, 4) is 11.1 Å². The van der Waals surface area contributed by atoms with Gasteiger partial charge in [0.25, 0.3) is 5.92 Å². The van der Waals surface area contributed by atoms with Crippen molar-refractivity contribution < 1.29 is 27.8 Å². The Hall–Kier alpha value is -3.00. The predicted molar refractivity (Wildman–Crippen MR) is 133 cm³/mol. The van der Waals surface area contributed by atoms with Crippen molar-refractivity contribution in [3.05, 3.63) is 59.7 Å². The third-order valence-corrected chi connectivity index (χ3v) is 6.61. The fourth-order valence-electron chi connectivity index (χ4n) is 4.82. The van der Waals surface area contributed by atoms with Gasteiger partial charge in [-0.25, -0.2) is 13.6 Å². The molecule has 0 saturated carbocycles. The lowest BCUT2D eigenvalue weighted by molar-refractivity contribution is -0.155. The van der Waals surface area contributed by atoms with E-state index >= 15 is 0 Å². The smallest absolute Gasteiger partial charge is 0.410 e. The molecule has 1 amide bonds. The number of halogens is 2. The maximum Gasteiger partial charge on any atom is 0.410 e. The van der Waals surface area contributed by atoms with Crippen LogP contribution in [0.4, 0.5) is 13.6 Å². The summed E-state index contributed by atoms with van der Waals surface area (Å²) in [6, 6.07) is 16.1. The zero-order valence-corrected chi connectivity index (χ0v) is 21.1. The highest BCUT2D eigenvalue weighted by molar-refractivity contribution is 5.80. The Morgan fingerprint density at radius 1 is 1.00 bits per heavy atom. The standard InChI is InChI=1S/C28H34F2N2O4/c1-27(2,3)36-25(33)18-32(17-16-31-14-12-28(29,30)13-15-31)26(34)35-19-24-22-10-6-4-8-20(22)21-9-5-7-11-23(21)24/h4-11,24H,12-19H2,1-3H3. The molecule has 1 aliphatic carbocycles. The Balaban J connectivity index is 1.42. The molecular weight excluding hydrogens is 466 g/mol. The first kappa shape index (κ1) is 26.1. The second-order valence-electron chi connectivity index (χ2n) is 10.5. The van der Waals surface area contributed by atoms with Crippen molar-refractivity contribution >= 4 is 12.1 Å². The number of esters is 1. The highest BCUT2D eigenvalue weighted by Gasteiger charge is 2.35. The third kappa shape index (κ3) is 6.40. The van der Waals surface area contributed by atoms with Crippen molar-refractivity contribution in [3.63, 3.8) is 0 Å². The van der Waals surface area contributed by atoms with Gasteiger partial charge in [0.2, 0.25) is 0 Å². The van der Waals surface area contributed by atoms with E-state index in [1.54, 1.807) is 20.8 Å². The second kappa shape index (κ2) is 10.5. The minimum Gasteiger partial charge on any atom is -0.459 e. The number of nitrogens with zero attached hydrogens (tertiary/aromatic N) is 2. The monoisotopic (exact) mass is 500 g/mol. The van der Waals surface area contributed by atoms with Crippen molar-refractivity contribution in [2.24, 2.45) is 0 Å². The minimum atomic E-state index is -2.64. The largest absolute Gasteiger partial charge is 0.459 e. The molecule has 1 saturated heterocycles. The highest BCUT2D eigenvalue weighted by atomic mass is 19.3. The first-order valence-corrected chi connectivity index (χ1v) is 12.4. The summed E-state index contributed by atoms with van der Waals surface area (Å²) in [4.78, 5) is 28.9. The summed E-state index contributed by atoms with van der Waals surface area (Å²) in [5, 5.41) is 0. The zero-order chi connectivity index (χ0) is 25.9. The summed E-state index contributed by atoms with van der Waals surface area (Å²) < 4.78 is 38.2. The van der Waals surface area contributed by atoms with Crippen molar-refractivity contribution in [2.45, 2.75) is 51.1 Å². The molecule has 1 fully saturated rings. The molecule has 0 aromatic heterocycles. The van der Waals surface area contributed by atoms with Gasteiger partial charge in [0.1, 0.15) is 18.8 Å². The van der Waals surface area contributed by atoms with Crippen LogP contribution in [-0.2, 0) is 14.3 Å². The summed E-state index contributed by atoms with van der Waals surface area (Å²) in [5.41, 5.74) is 3.75. The highest BCUT2D eigenvalue weighted by Crippen LogP contribution is 2.44. The lowest BCUT2D eigenvalue weighted by Gasteiger charge is -2.33. The van der Waals surface area contributed by atoms with Crippen LogP contribution in [0.15, 0.2) is 48.5 Å². The fourth-order valence-corrected chi connectivity index (χ4v) is 4.82. The number of likely N-dealkylation sites (tertiary alicyclic amines) is 1. The van der Waals surface area contributed by atoms with E-state index in [9.17, 15) is 18.4 Å². The molecule has 6 nitrogen and oxygen atoms in total. The van der Waals surface area contributed by atoms with Gasteiger partial charge in [-0.05, 0) is 43.0 Å². The Labute approximate surface area is 211 Å². The van der Waals surface area contributed by atoms with Crippen LogP contribution < -0.4 is 0 Å². The molecular formula is C28H34F2N2O4. The van der Waals surface area contributed by atoms with Crippen LogP contribution in [0.3, 0.4) is 0 Å². The number of ether oxygens (including phenoxy) is 2. The molecule has 0 bridgehead atoms. The summed E-state index contributed by atoms with van der Waals surface area (Å²) in [5.74, 6) is -3.28. The Morgan fingerprint density at radius 2 is 1.56 bits per heavy atom. The second-order valence-corrected chi connectivity index (χ2v) is 10.5. The number of hydrogen-bond donors (Lipinski definition) is 0. The Bertz CT molecular complexity index is 1040. The van der Waals surface area contributed by atoms with E-state index in [1.807, 2.05) is 41.3 Å². The maximum atomic E-state index is 13.5. The average Bonchev–Trinajstić information content (AvgIpc) is 3.13. The number of fused-ring (bicyclic) bond motifs is 3. The first-order chi connectivity index (χ1) is 17.0. The van der Waals surface area contributed by atoms with Gasteiger partial charge < -0.3 is 14.4 Å². The quantitative estimate of drug-likeness (QED) is 0.482. The van der Waals surface area contributed by atoms with Crippen molar-refractivity contribution in [1.29, 1.82) is 0 Å². The molecule has 0 N–H and O–H groups in total. The van der Waals surface area contributed by atoms with Crippen LogP contribution >= 0.6 is 0 Å². The minimum absolute atomic E-state index is 0.103. The van der Waals surface area contributed by atoms with Gasteiger partial charge in [0.05, 0.1) is 0 Å². The van der Waals surface area contributed by atoms with Crippen LogP contribution in [0.2, 0.25) is 0 Å². The zero-order valence-electron chi connectivity index (χ0n) is 21.1. The van der Waals surface area contributed by atoms with Gasteiger partial charge in [-0.2, -0.15) is 0 Å². The Kier molecular flexibility index (Phi) is 7.64. The molecule has 194 valence electrons. The average molecular weight is 501 g/mol. The van der Waals surface area contributed by atoms with E-state index in [2.05, 4.69) is 12.1 Å². The van der Waals surface area contributed by atoms with E-state index in [4.69, 9.17) is 9.47 Å². The summed E-state index contributed by atoms with van der Waals surface area (Å²) in [6.45, 7) is 6.20. The molecule has 0 radical (unpaired) electrons. The number of amides is 1. The van der Waals surface area contributed by atoms with Crippen LogP contribution in [0.25, 0.3) is 11.1 Å². The van der Waals surface area contributed by atoms with Gasteiger partial charge >= 0.3 is 12.1 Å². The molecule has 2 aliphatic rings. The van der Waals surface area contributed by atoms with Crippen LogP contribution in [-0.4, -0.2) is 72.7 Å². The number of hydrogen-bond acceptors (Lipinski definition) is 5. The number of benzene rings is 2. The van der Waals surface area contributed by atoms with Gasteiger partial charge in [-0.1, -0.05) is 48.5 Å². The molecule has 2 aromatic carbocycles. The molecule has 0 unspecified atom stereocenters. The SMILES string of the molecule is CC(C)(C)OC(=O)CN(CCN1CCC(F)(F)CC1)C(=O)OCC1c2ccccc2-c2ccccc21. The topological polar surface area (TPSA) is 59.1 Å². The molecule has 8 heteroatoms. The van der Waals surface area contributed by atoms with Gasteiger partial charge in [0, 0.05) is 44.9 Å². The molecule has 4 rings (SSSR count). The third-order valence-electron chi connectivity index (χ3n) is 6.61. The summed E-state index contributed by atoms with van der Waals surface area (Å²) in [7, 11) is 0. The van der Waals surface area contributed by atoms with Crippen molar-refractivity contribution in [2.75, 3.05) is 39.3 Å². The number of alkyl halides is 2. The lowest BCUT2D eigenvalue weighted by atomic mass is 9.98. The predicted octanol–water partition coefficient (Wildman–Crippen LogP) is 5.31. The molecule has 1 heterocycles. The molecule has 2 aromatic rings. The number of piperidine rings is 1. The number of carbonyl (C=O) groups is 2. The van der Waals surface area contributed by atoms with E-state index < -0.39 is 23.6 Å². The number of rotatable bonds is 7. The lowest BCUT2D eigenvalue weighted by Crippen LogP contribution is -2.46. The molecule has 36 heavy (non-hydrogen) atoms. The number of carbonyl (C=O) groups excluding carboxylic acids is 2. The maximum absolute atomic E-state index is 13.5. The van der Waals surface area contributed by atoms with Gasteiger partial charge in [-0.15, -0.1) is 0 Å². The normalized spacial score (nSPS) is 17.2. The van der Waals surface area contributed by atoms with E-state index in [-0.39, 0.29) is 51.5 Å². The van der Waals surface area contributed by atoms with Crippen LogP contribution in [0.5, 0.6) is 0 Å². The summed E-state index contributed by atoms with van der Waals surface area (Å²) >= 11 is 0. The molecule has 0 spiro atoms. The Morgan fingerprint density at radius 3 is 2.11 bits per heavy atom. The van der Waals surface area contributed by atoms with Crippen molar-refractivity contribution in [1.82, 2.24) is 9.80 Å². The van der Waals surface area contributed by atoms with Gasteiger partial charge in [-0.3, -0.25) is 9.69 Å². The van der Waals surface area contributed by atoms with E-state index in [0.29, 0.717) is 6.54 Å². The van der Waals surface area contributed by atoms with Crippen LogP contribution in [0.1, 0.15) is 50.7 Å². The van der Waals surface area contributed by atoms with E-state index in [1.165, 1.54) is 4.90 Å². The van der Waals surface area contributed by atoms with Crippen LogP contribution in [0, 0.1) is 0 Å². The van der Waals surface area contributed by atoms with E-state index in [0.717, 1.165) is 22.3 Å². The van der Waals surface area contributed by atoms with Gasteiger partial charge in [0.15, 0.2) is 0 Å². The molecule has 0 atom stereocenters. The fraction of sp³-hybridized carbons (Fsp3) is 0.500. The first-order valence-electron chi connectivity index (χ1n) is 12.4. The summed E-state index contributed by atoms with van der Waals surface area (Å²) in [6.07, 6.45) is -1.03. The molecule has 1 aliphatic heterocycles.